The normalized spacial score (nSPS) is 17.0. The zero-order valence-electron chi connectivity index (χ0n) is 22.8. The first-order chi connectivity index (χ1) is 18.1. The lowest BCUT2D eigenvalue weighted by atomic mass is 9.97. The number of urea groups is 1. The highest BCUT2D eigenvalue weighted by atomic mass is 35.5. The molecule has 2 saturated heterocycles. The van der Waals surface area contributed by atoms with Crippen LogP contribution >= 0.6 is 12.4 Å². The number of amides is 3. The number of carbonyl (C=O) groups excluding carboxylic acids is 2. The van der Waals surface area contributed by atoms with Gasteiger partial charge in [-0.25, -0.2) is 9.59 Å². The van der Waals surface area contributed by atoms with Crippen LogP contribution in [-0.4, -0.2) is 94.1 Å². The Labute approximate surface area is 235 Å². The number of carbonyl (C=O) groups is 2. The van der Waals surface area contributed by atoms with Crippen LogP contribution < -0.4 is 22.5 Å². The van der Waals surface area contributed by atoms with E-state index in [1.54, 1.807) is 35.9 Å². The van der Waals surface area contributed by atoms with Gasteiger partial charge in [0.1, 0.15) is 5.82 Å². The Balaban J connectivity index is 0.00000420. The fourth-order valence-electron chi connectivity index (χ4n) is 4.93. The van der Waals surface area contributed by atoms with Crippen LogP contribution in [0.3, 0.4) is 0 Å². The average Bonchev–Trinajstić information content (AvgIpc) is 2.92. The van der Waals surface area contributed by atoms with Crippen molar-refractivity contribution in [3.63, 3.8) is 0 Å². The molecular formula is C27H41ClN8O3. The molecule has 0 spiro atoms. The van der Waals surface area contributed by atoms with E-state index in [1.807, 2.05) is 24.3 Å². The highest BCUT2D eigenvalue weighted by Gasteiger charge is 2.31. The molecule has 0 bridgehead atoms. The molecule has 0 aliphatic carbocycles. The number of hydrogen-bond donors (Lipinski definition) is 3. The molecule has 39 heavy (non-hydrogen) atoms. The number of nitrogens with one attached hydrogen (secondary N) is 1. The van der Waals surface area contributed by atoms with Crippen molar-refractivity contribution in [3.8, 4) is 5.69 Å². The van der Waals surface area contributed by atoms with Crippen molar-refractivity contribution in [2.24, 2.45) is 17.4 Å². The summed E-state index contributed by atoms with van der Waals surface area (Å²) in [4.78, 5) is 47.5. The lowest BCUT2D eigenvalue weighted by Gasteiger charge is -2.37. The molecule has 12 heteroatoms. The number of hydrogen-bond acceptors (Lipinski definition) is 7. The van der Waals surface area contributed by atoms with Crippen LogP contribution in [0, 0.1) is 5.92 Å². The van der Waals surface area contributed by atoms with Crippen LogP contribution in [0.25, 0.3) is 5.69 Å². The van der Waals surface area contributed by atoms with E-state index in [1.165, 1.54) is 23.0 Å². The largest absolute Gasteiger partial charge is 0.354 e. The summed E-state index contributed by atoms with van der Waals surface area (Å²) >= 11 is 0. The second-order valence-electron chi connectivity index (χ2n) is 10.8. The van der Waals surface area contributed by atoms with Gasteiger partial charge in [-0.1, -0.05) is 12.1 Å². The third kappa shape index (κ3) is 8.01. The Hall–Kier alpha value is -2.99. The minimum absolute atomic E-state index is 0. The van der Waals surface area contributed by atoms with Crippen LogP contribution in [0.5, 0.6) is 0 Å². The predicted octanol–water partition coefficient (Wildman–Crippen LogP) is 1.28. The number of nitrogens with two attached hydrogens (primary N) is 2. The van der Waals surface area contributed by atoms with Crippen molar-refractivity contribution < 1.29 is 9.59 Å². The van der Waals surface area contributed by atoms with E-state index in [0.717, 1.165) is 38.3 Å². The first kappa shape index (κ1) is 30.6. The molecule has 2 aromatic rings. The summed E-state index contributed by atoms with van der Waals surface area (Å²) in [5, 5.41) is 2.69. The number of anilines is 1. The van der Waals surface area contributed by atoms with Crippen LogP contribution in [-0.2, 0) is 11.2 Å². The second-order valence-corrected chi connectivity index (χ2v) is 10.8. The number of benzene rings is 1. The summed E-state index contributed by atoms with van der Waals surface area (Å²) in [6.07, 6.45) is 4.92. The molecular weight excluding hydrogens is 520 g/mol. The average molecular weight is 561 g/mol. The number of halogens is 1. The lowest BCUT2D eigenvalue weighted by molar-refractivity contribution is -0.137. The van der Waals surface area contributed by atoms with Gasteiger partial charge in [-0.05, 0) is 82.4 Å². The summed E-state index contributed by atoms with van der Waals surface area (Å²) in [5.41, 5.74) is 12.2. The molecule has 0 atom stereocenters. The van der Waals surface area contributed by atoms with Crippen molar-refractivity contribution >= 4 is 30.2 Å². The number of piperazine rings is 1. The monoisotopic (exact) mass is 560 g/mol. The molecule has 2 fully saturated rings. The standard InChI is InChI=1S/C27H40N8O3.ClH/c1-27(2,29)24(36)33-15-17-34(18-16-33)25(37)30-23-10-14-35(26(38)31-23)22-5-3-20(4-6-22)7-11-32-12-8-21(19-28)9-13-32;/h3-6,10,14,21H,7-9,11-13,15-19,28-29H2,1-2H3,(H,30,31,37,38);1H. The van der Waals surface area contributed by atoms with E-state index in [2.05, 4.69) is 15.2 Å². The van der Waals surface area contributed by atoms with Gasteiger partial charge in [0.25, 0.3) is 0 Å². The van der Waals surface area contributed by atoms with Gasteiger partial charge in [-0.15, -0.1) is 12.4 Å². The molecule has 0 unspecified atom stereocenters. The highest BCUT2D eigenvalue weighted by molar-refractivity contribution is 5.89. The Morgan fingerprint density at radius 2 is 1.62 bits per heavy atom. The molecule has 4 rings (SSSR count). The molecule has 214 valence electrons. The van der Waals surface area contributed by atoms with Crippen molar-refractivity contribution in [2.45, 2.75) is 38.6 Å². The van der Waals surface area contributed by atoms with Gasteiger partial charge in [0.05, 0.1) is 11.2 Å². The van der Waals surface area contributed by atoms with Crippen molar-refractivity contribution in [1.82, 2.24) is 24.3 Å². The topological polar surface area (TPSA) is 143 Å². The summed E-state index contributed by atoms with van der Waals surface area (Å²) in [5.74, 6) is 0.709. The molecule has 11 nitrogen and oxygen atoms in total. The highest BCUT2D eigenvalue weighted by Crippen LogP contribution is 2.17. The van der Waals surface area contributed by atoms with E-state index in [4.69, 9.17) is 11.5 Å². The number of rotatable bonds is 7. The fourth-order valence-corrected chi connectivity index (χ4v) is 4.93. The molecule has 1 aromatic heterocycles. The quantitative estimate of drug-likeness (QED) is 0.463. The number of likely N-dealkylation sites (tertiary alicyclic amines) is 1. The van der Waals surface area contributed by atoms with Crippen molar-refractivity contribution in [3.05, 3.63) is 52.6 Å². The molecule has 3 amide bonds. The minimum Gasteiger partial charge on any atom is -0.338 e. The van der Waals surface area contributed by atoms with Gasteiger partial charge in [-0.3, -0.25) is 14.7 Å². The maximum atomic E-state index is 12.7. The van der Waals surface area contributed by atoms with E-state index < -0.39 is 11.2 Å². The van der Waals surface area contributed by atoms with Crippen LogP contribution in [0.4, 0.5) is 10.6 Å². The predicted molar refractivity (Wildman–Crippen MR) is 154 cm³/mol. The van der Waals surface area contributed by atoms with Gasteiger partial charge >= 0.3 is 11.7 Å². The van der Waals surface area contributed by atoms with Gasteiger partial charge in [0.2, 0.25) is 5.91 Å². The SMILES string of the molecule is CC(C)(N)C(=O)N1CCN(C(=O)Nc2ccn(-c3ccc(CCN4CCC(CN)CC4)cc3)c(=O)n2)CC1.Cl. The summed E-state index contributed by atoms with van der Waals surface area (Å²) in [6.45, 7) is 8.92. The smallest absolute Gasteiger partial charge is 0.338 e. The minimum atomic E-state index is -0.944. The first-order valence-corrected chi connectivity index (χ1v) is 13.4. The second kappa shape index (κ2) is 13.4. The van der Waals surface area contributed by atoms with E-state index in [-0.39, 0.29) is 30.2 Å². The summed E-state index contributed by atoms with van der Waals surface area (Å²) in [7, 11) is 0. The van der Waals surface area contributed by atoms with E-state index in [0.29, 0.717) is 32.1 Å². The van der Waals surface area contributed by atoms with Crippen LogP contribution in [0.1, 0.15) is 32.3 Å². The first-order valence-electron chi connectivity index (χ1n) is 13.4. The maximum absolute atomic E-state index is 12.7. The number of piperidine rings is 1. The molecule has 5 N–H and O–H groups in total. The Morgan fingerprint density at radius 3 is 2.18 bits per heavy atom. The van der Waals surface area contributed by atoms with Gasteiger partial charge in [-0.2, -0.15) is 4.98 Å². The zero-order valence-corrected chi connectivity index (χ0v) is 23.7. The zero-order chi connectivity index (χ0) is 27.3. The fraction of sp³-hybridized carbons (Fsp3) is 0.556. The van der Waals surface area contributed by atoms with Gasteiger partial charge in [0, 0.05) is 38.9 Å². The molecule has 1 aromatic carbocycles. The molecule has 2 aliphatic rings. The number of aromatic nitrogens is 2. The molecule has 0 saturated carbocycles. The number of nitrogens with zero attached hydrogens (tertiary/aromatic N) is 5. The summed E-state index contributed by atoms with van der Waals surface area (Å²) in [6, 6.07) is 9.17. The lowest BCUT2D eigenvalue weighted by Crippen LogP contribution is -2.58. The van der Waals surface area contributed by atoms with Crippen LogP contribution in [0.2, 0.25) is 0 Å². The van der Waals surface area contributed by atoms with E-state index >= 15 is 0 Å². The molecule has 0 radical (unpaired) electrons. The van der Waals surface area contributed by atoms with Gasteiger partial charge < -0.3 is 26.2 Å². The van der Waals surface area contributed by atoms with Crippen molar-refractivity contribution in [2.75, 3.05) is 57.7 Å². The van der Waals surface area contributed by atoms with Gasteiger partial charge in [0.15, 0.2) is 0 Å². The Morgan fingerprint density at radius 1 is 1.00 bits per heavy atom. The van der Waals surface area contributed by atoms with E-state index in [9.17, 15) is 14.4 Å². The third-order valence-corrected chi connectivity index (χ3v) is 7.42. The molecule has 2 aliphatic heterocycles. The maximum Gasteiger partial charge on any atom is 0.354 e. The summed E-state index contributed by atoms with van der Waals surface area (Å²) < 4.78 is 1.45. The van der Waals surface area contributed by atoms with Crippen LogP contribution in [0.15, 0.2) is 41.3 Å². The Bertz CT molecular complexity index is 1160. The third-order valence-electron chi connectivity index (χ3n) is 7.42. The molecule has 3 heterocycles. The van der Waals surface area contributed by atoms with Crippen molar-refractivity contribution in [1.29, 1.82) is 0 Å². The Kier molecular flexibility index (Phi) is 10.5.